The maximum absolute atomic E-state index is 8.36. The molecule has 2 N–H and O–H groups in total. The van der Waals surface area contributed by atoms with Crippen molar-refractivity contribution in [1.82, 2.24) is 9.97 Å². The number of aromatic nitrogens is 2. The van der Waals surface area contributed by atoms with Crippen LogP contribution in [0.3, 0.4) is 0 Å². The van der Waals surface area contributed by atoms with Gasteiger partial charge in [0.25, 0.3) is 5.09 Å². The molecule has 0 aliphatic rings. The number of imidazole rings is 1. The van der Waals surface area contributed by atoms with Gasteiger partial charge < -0.3 is 10.2 Å². The topological polar surface area (TPSA) is 92.0 Å². The number of rotatable bonds is 1. The molecule has 1 heterocycles. The first-order valence-electron chi connectivity index (χ1n) is 3.36. The molecule has 0 aliphatic carbocycles. The predicted molar refractivity (Wildman–Crippen MR) is 41.5 cm³/mol. The Kier molecular flexibility index (Phi) is 4.43. The average molecular weight is 173 g/mol. The number of H-pyrrole nitrogens is 1. The Morgan fingerprint density at radius 1 is 1.75 bits per heavy atom. The lowest BCUT2D eigenvalue weighted by molar-refractivity contribution is -0.742. The van der Waals surface area contributed by atoms with E-state index in [1.807, 2.05) is 6.20 Å². The van der Waals surface area contributed by atoms with Crippen molar-refractivity contribution in [2.75, 3.05) is 0 Å². The van der Waals surface area contributed by atoms with Crippen molar-refractivity contribution in [3.05, 3.63) is 28.3 Å². The van der Waals surface area contributed by atoms with Crippen LogP contribution in [0.5, 0.6) is 0 Å². The fourth-order valence-corrected chi connectivity index (χ4v) is 0.593. The molecule has 1 aromatic rings. The van der Waals surface area contributed by atoms with Gasteiger partial charge in [-0.05, 0) is 0 Å². The second kappa shape index (κ2) is 5.11. The number of nitrogens with one attached hydrogen (secondary N) is 1. The zero-order valence-electron chi connectivity index (χ0n) is 6.89. The molecule has 0 saturated heterocycles. The first-order valence-corrected chi connectivity index (χ1v) is 3.36. The van der Waals surface area contributed by atoms with Gasteiger partial charge in [0.05, 0.1) is 0 Å². The first-order chi connectivity index (χ1) is 5.54. The minimum atomic E-state index is -1.50. The van der Waals surface area contributed by atoms with Crippen molar-refractivity contribution < 1.29 is 10.3 Å². The van der Waals surface area contributed by atoms with Gasteiger partial charge in [0, 0.05) is 18.3 Å². The fraction of sp³-hybridized carbons (Fsp3) is 0.500. The van der Waals surface area contributed by atoms with E-state index in [2.05, 4.69) is 23.8 Å². The van der Waals surface area contributed by atoms with E-state index >= 15 is 0 Å². The first kappa shape index (κ1) is 10.4. The summed E-state index contributed by atoms with van der Waals surface area (Å²) < 4.78 is 0. The molecule has 12 heavy (non-hydrogen) atoms. The van der Waals surface area contributed by atoms with Gasteiger partial charge in [-0.1, -0.05) is 13.8 Å². The summed E-state index contributed by atoms with van der Waals surface area (Å²) >= 11 is 0. The Morgan fingerprint density at radius 2 is 2.25 bits per heavy atom. The van der Waals surface area contributed by atoms with Crippen LogP contribution in [0.25, 0.3) is 0 Å². The highest BCUT2D eigenvalue weighted by molar-refractivity contribution is 4.91. The highest BCUT2D eigenvalue weighted by Gasteiger charge is 1.96. The van der Waals surface area contributed by atoms with Gasteiger partial charge in [0.1, 0.15) is 5.82 Å². The maximum Gasteiger partial charge on any atom is 0.291 e. The molecule has 0 radical (unpaired) electrons. The summed E-state index contributed by atoms with van der Waals surface area (Å²) in [5, 5.41) is 13.6. The van der Waals surface area contributed by atoms with Crippen LogP contribution >= 0.6 is 0 Å². The minimum Gasteiger partial charge on any atom is -0.348 e. The monoisotopic (exact) mass is 173 g/mol. The highest BCUT2D eigenvalue weighted by Crippen LogP contribution is 2.05. The summed E-state index contributed by atoms with van der Waals surface area (Å²) in [4.78, 5) is 15.4. The predicted octanol–water partition coefficient (Wildman–Crippen LogP) is 1.19. The van der Waals surface area contributed by atoms with Crippen molar-refractivity contribution >= 4 is 0 Å². The third-order valence-corrected chi connectivity index (χ3v) is 1.07. The SMILES string of the molecule is CC(C)c1ncc[nH]1.O=[N+]([O-])O. The molecule has 0 fully saturated rings. The summed E-state index contributed by atoms with van der Waals surface area (Å²) in [5.74, 6) is 1.58. The van der Waals surface area contributed by atoms with Crippen LogP contribution in [-0.2, 0) is 0 Å². The van der Waals surface area contributed by atoms with Crippen molar-refractivity contribution in [2.24, 2.45) is 0 Å². The zero-order valence-corrected chi connectivity index (χ0v) is 6.89. The van der Waals surface area contributed by atoms with Crippen molar-refractivity contribution in [3.63, 3.8) is 0 Å². The molecular formula is C6H11N3O3. The smallest absolute Gasteiger partial charge is 0.291 e. The van der Waals surface area contributed by atoms with Crippen molar-refractivity contribution in [3.8, 4) is 0 Å². The molecule has 0 spiro atoms. The largest absolute Gasteiger partial charge is 0.348 e. The van der Waals surface area contributed by atoms with E-state index in [4.69, 9.17) is 15.3 Å². The summed E-state index contributed by atoms with van der Waals surface area (Å²) in [7, 11) is 0. The molecule has 0 bridgehead atoms. The summed E-state index contributed by atoms with van der Waals surface area (Å²) in [6, 6.07) is 0. The fourth-order valence-electron chi connectivity index (χ4n) is 0.593. The Hall–Kier alpha value is -1.59. The molecule has 0 aromatic carbocycles. The Bertz CT molecular complexity index is 216. The van der Waals surface area contributed by atoms with Crippen LogP contribution in [-0.4, -0.2) is 20.3 Å². The Balaban J connectivity index is 0.000000261. The standard InChI is InChI=1S/C6H10N2.HNO3/c1-5(2)6-7-3-4-8-6;2-1(3)4/h3-5H,1-2H3,(H,7,8);(H,2,3,4). The van der Waals surface area contributed by atoms with E-state index < -0.39 is 5.09 Å². The van der Waals surface area contributed by atoms with Crippen LogP contribution < -0.4 is 0 Å². The van der Waals surface area contributed by atoms with Crippen LogP contribution in [0.1, 0.15) is 25.6 Å². The Labute approximate surface area is 69.4 Å². The molecule has 68 valence electrons. The number of nitrogens with zero attached hydrogens (tertiary/aromatic N) is 2. The Morgan fingerprint density at radius 3 is 2.42 bits per heavy atom. The number of hydrogen-bond donors (Lipinski definition) is 2. The van der Waals surface area contributed by atoms with Gasteiger partial charge in [-0.15, -0.1) is 10.1 Å². The van der Waals surface area contributed by atoms with Crippen molar-refractivity contribution in [2.45, 2.75) is 19.8 Å². The normalized spacial score (nSPS) is 8.92. The summed E-state index contributed by atoms with van der Waals surface area (Å²) in [5.41, 5.74) is 0. The lowest BCUT2D eigenvalue weighted by Crippen LogP contribution is -1.87. The van der Waals surface area contributed by atoms with E-state index in [1.54, 1.807) is 6.20 Å². The second-order valence-corrected chi connectivity index (χ2v) is 2.37. The van der Waals surface area contributed by atoms with Gasteiger partial charge in [-0.25, -0.2) is 4.98 Å². The highest BCUT2D eigenvalue weighted by atomic mass is 16.9. The number of hydrogen-bond acceptors (Lipinski definition) is 3. The van der Waals surface area contributed by atoms with Gasteiger partial charge in [0.15, 0.2) is 0 Å². The lowest BCUT2D eigenvalue weighted by Gasteiger charge is -1.95. The van der Waals surface area contributed by atoms with Crippen molar-refractivity contribution in [1.29, 1.82) is 0 Å². The molecule has 0 unspecified atom stereocenters. The average Bonchev–Trinajstić information content (AvgIpc) is 2.34. The van der Waals surface area contributed by atoms with Gasteiger partial charge in [-0.2, -0.15) is 0 Å². The van der Waals surface area contributed by atoms with E-state index in [-0.39, 0.29) is 0 Å². The second-order valence-electron chi connectivity index (χ2n) is 2.37. The maximum atomic E-state index is 8.36. The zero-order chi connectivity index (χ0) is 9.56. The number of aromatic amines is 1. The quantitative estimate of drug-likeness (QED) is 0.492. The summed E-state index contributed by atoms with van der Waals surface area (Å²) in [6.45, 7) is 4.22. The van der Waals surface area contributed by atoms with E-state index in [0.29, 0.717) is 5.92 Å². The molecule has 1 aromatic heterocycles. The van der Waals surface area contributed by atoms with Crippen LogP contribution in [0.15, 0.2) is 12.4 Å². The minimum absolute atomic E-state index is 0.519. The summed E-state index contributed by atoms with van der Waals surface area (Å²) in [6.07, 6.45) is 3.62. The third-order valence-electron chi connectivity index (χ3n) is 1.07. The van der Waals surface area contributed by atoms with Gasteiger partial charge in [0.2, 0.25) is 0 Å². The molecule has 6 nitrogen and oxygen atoms in total. The van der Waals surface area contributed by atoms with Crippen LogP contribution in [0.2, 0.25) is 0 Å². The molecular weight excluding hydrogens is 162 g/mol. The van der Waals surface area contributed by atoms with E-state index in [9.17, 15) is 0 Å². The molecule has 0 aliphatic heterocycles. The molecule has 0 atom stereocenters. The molecule has 0 saturated carbocycles. The van der Waals surface area contributed by atoms with Crippen LogP contribution in [0, 0.1) is 10.1 Å². The molecule has 0 amide bonds. The van der Waals surface area contributed by atoms with Gasteiger partial charge >= 0.3 is 0 Å². The third kappa shape index (κ3) is 5.21. The van der Waals surface area contributed by atoms with Crippen LogP contribution in [0.4, 0.5) is 0 Å². The lowest BCUT2D eigenvalue weighted by atomic mass is 10.2. The van der Waals surface area contributed by atoms with E-state index in [1.165, 1.54) is 0 Å². The molecule has 6 heteroatoms. The van der Waals surface area contributed by atoms with Gasteiger partial charge in [-0.3, -0.25) is 0 Å². The van der Waals surface area contributed by atoms with E-state index in [0.717, 1.165) is 5.82 Å². The molecule has 1 rings (SSSR count).